The summed E-state index contributed by atoms with van der Waals surface area (Å²) < 4.78 is 10.4. The van der Waals surface area contributed by atoms with Crippen molar-refractivity contribution < 1.29 is 4.74 Å². The molecule has 1 N–H and O–H groups in total. The maximum atomic E-state index is 5.64. The van der Waals surface area contributed by atoms with E-state index in [4.69, 9.17) is 17.0 Å². The van der Waals surface area contributed by atoms with Crippen molar-refractivity contribution in [3.63, 3.8) is 0 Å². The number of ether oxygens (including phenoxy) is 1. The van der Waals surface area contributed by atoms with Gasteiger partial charge in [-0.1, -0.05) is 13.8 Å². The summed E-state index contributed by atoms with van der Waals surface area (Å²) in [7, 11) is 0. The van der Waals surface area contributed by atoms with E-state index in [0.29, 0.717) is 12.5 Å². The molecule has 2 aromatic heterocycles. The van der Waals surface area contributed by atoms with E-state index in [1.54, 1.807) is 0 Å². The summed E-state index contributed by atoms with van der Waals surface area (Å²) in [6, 6.07) is 0. The van der Waals surface area contributed by atoms with Gasteiger partial charge in [-0.05, 0) is 32.0 Å². The number of hydrogen-bond acceptors (Lipinski definition) is 3. The van der Waals surface area contributed by atoms with Crippen LogP contribution in [0.4, 0.5) is 0 Å². The van der Waals surface area contributed by atoms with Crippen molar-refractivity contribution in [2.75, 3.05) is 13.2 Å². The van der Waals surface area contributed by atoms with Crippen LogP contribution in [0, 0.1) is 17.6 Å². The van der Waals surface area contributed by atoms with Gasteiger partial charge in [0.15, 0.2) is 10.4 Å². The van der Waals surface area contributed by atoms with Crippen LogP contribution in [0.15, 0.2) is 0 Å². The molecule has 0 aliphatic carbocycles. The Bertz CT molecular complexity index is 608. The number of aromatic amines is 1. The SMILES string of the molecule is CCn1nc(C)c2[nH]c(=S)n(CCOCC(C)C)c21. The molecular formula is C13H22N4OS. The van der Waals surface area contributed by atoms with E-state index < -0.39 is 0 Å². The molecule has 0 atom stereocenters. The van der Waals surface area contributed by atoms with Gasteiger partial charge in [-0.3, -0.25) is 4.57 Å². The zero-order valence-corrected chi connectivity index (χ0v) is 12.9. The number of hydrogen-bond donors (Lipinski definition) is 1. The smallest absolute Gasteiger partial charge is 0.179 e. The molecule has 0 saturated carbocycles. The predicted molar refractivity (Wildman–Crippen MR) is 79.0 cm³/mol. The van der Waals surface area contributed by atoms with Crippen LogP contribution in [0.5, 0.6) is 0 Å². The maximum Gasteiger partial charge on any atom is 0.179 e. The summed E-state index contributed by atoms with van der Waals surface area (Å²) in [6.45, 7) is 11.4. The highest BCUT2D eigenvalue weighted by Crippen LogP contribution is 2.17. The number of aryl methyl sites for hydroxylation is 2. The molecule has 106 valence electrons. The minimum Gasteiger partial charge on any atom is -0.379 e. The second-order valence-electron chi connectivity index (χ2n) is 5.15. The van der Waals surface area contributed by atoms with Crippen molar-refractivity contribution in [1.29, 1.82) is 0 Å². The third-order valence-corrected chi connectivity index (χ3v) is 3.37. The van der Waals surface area contributed by atoms with Gasteiger partial charge in [-0.15, -0.1) is 0 Å². The van der Waals surface area contributed by atoms with Gasteiger partial charge in [0, 0.05) is 13.2 Å². The normalized spacial score (nSPS) is 11.8. The highest BCUT2D eigenvalue weighted by Gasteiger charge is 2.13. The highest BCUT2D eigenvalue weighted by atomic mass is 32.1. The van der Waals surface area contributed by atoms with Gasteiger partial charge in [-0.2, -0.15) is 5.10 Å². The fraction of sp³-hybridized carbons (Fsp3) is 0.692. The average Bonchev–Trinajstić information content (AvgIpc) is 2.83. The van der Waals surface area contributed by atoms with Crippen molar-refractivity contribution in [3.05, 3.63) is 10.5 Å². The summed E-state index contributed by atoms with van der Waals surface area (Å²) in [4.78, 5) is 3.24. The molecule has 0 spiro atoms. The molecule has 0 radical (unpaired) electrons. The molecule has 0 unspecified atom stereocenters. The first kappa shape index (κ1) is 14.3. The van der Waals surface area contributed by atoms with Crippen LogP contribution in [-0.2, 0) is 17.8 Å². The quantitative estimate of drug-likeness (QED) is 0.654. The van der Waals surface area contributed by atoms with Crippen LogP contribution in [-0.4, -0.2) is 32.5 Å². The number of nitrogens with one attached hydrogen (secondary N) is 1. The third kappa shape index (κ3) is 2.90. The van der Waals surface area contributed by atoms with Gasteiger partial charge < -0.3 is 9.72 Å². The number of H-pyrrole nitrogens is 1. The number of aromatic nitrogens is 4. The lowest BCUT2D eigenvalue weighted by Crippen LogP contribution is -2.11. The molecule has 0 aromatic carbocycles. The third-order valence-electron chi connectivity index (χ3n) is 3.04. The largest absolute Gasteiger partial charge is 0.379 e. The van der Waals surface area contributed by atoms with Crippen molar-refractivity contribution in [2.45, 2.75) is 40.8 Å². The molecule has 2 heterocycles. The second kappa shape index (κ2) is 5.88. The van der Waals surface area contributed by atoms with Gasteiger partial charge in [0.2, 0.25) is 0 Å². The van der Waals surface area contributed by atoms with E-state index >= 15 is 0 Å². The zero-order chi connectivity index (χ0) is 14.0. The fourth-order valence-corrected chi connectivity index (χ4v) is 2.44. The Labute approximate surface area is 118 Å². The van der Waals surface area contributed by atoms with E-state index in [2.05, 4.69) is 35.4 Å². The first-order valence-corrected chi connectivity index (χ1v) is 7.19. The van der Waals surface area contributed by atoms with Crippen LogP contribution in [0.1, 0.15) is 26.5 Å². The Kier molecular flexibility index (Phi) is 4.42. The summed E-state index contributed by atoms with van der Waals surface area (Å²) in [6.07, 6.45) is 0. The first-order chi connectivity index (χ1) is 9.04. The van der Waals surface area contributed by atoms with Crippen LogP contribution in [0.2, 0.25) is 0 Å². The molecular weight excluding hydrogens is 260 g/mol. The fourth-order valence-electron chi connectivity index (χ4n) is 2.16. The van der Waals surface area contributed by atoms with Crippen LogP contribution in [0.3, 0.4) is 0 Å². The number of fused-ring (bicyclic) bond motifs is 1. The number of imidazole rings is 1. The maximum absolute atomic E-state index is 5.64. The van der Waals surface area contributed by atoms with E-state index in [9.17, 15) is 0 Å². The van der Waals surface area contributed by atoms with Crippen molar-refractivity contribution in [1.82, 2.24) is 19.3 Å². The molecule has 19 heavy (non-hydrogen) atoms. The summed E-state index contributed by atoms with van der Waals surface area (Å²) in [5, 5.41) is 4.50. The van der Waals surface area contributed by atoms with Gasteiger partial charge in [0.1, 0.15) is 5.52 Å². The molecule has 5 nitrogen and oxygen atoms in total. The van der Waals surface area contributed by atoms with Crippen molar-refractivity contribution in [2.24, 2.45) is 5.92 Å². The Hall–Kier alpha value is -1.14. The zero-order valence-electron chi connectivity index (χ0n) is 12.1. The van der Waals surface area contributed by atoms with E-state index in [1.807, 2.05) is 11.6 Å². The Balaban J connectivity index is 2.22. The van der Waals surface area contributed by atoms with E-state index in [1.165, 1.54) is 0 Å². The molecule has 0 aliphatic heterocycles. The standard InChI is InChI=1S/C13H22N4OS/c1-5-17-12-11(10(4)15-17)14-13(19)16(12)6-7-18-8-9(2)3/h9H,5-8H2,1-4H3,(H,14,19). The van der Waals surface area contributed by atoms with Gasteiger partial charge in [-0.25, -0.2) is 4.68 Å². The number of nitrogens with zero attached hydrogens (tertiary/aromatic N) is 3. The molecule has 6 heteroatoms. The van der Waals surface area contributed by atoms with Crippen LogP contribution < -0.4 is 0 Å². The molecule has 0 fully saturated rings. The summed E-state index contributed by atoms with van der Waals surface area (Å²) in [5.74, 6) is 0.558. The average molecular weight is 282 g/mol. The van der Waals surface area contributed by atoms with Gasteiger partial charge in [0.05, 0.1) is 18.8 Å². The van der Waals surface area contributed by atoms with Crippen molar-refractivity contribution >= 4 is 23.4 Å². The lowest BCUT2D eigenvalue weighted by atomic mass is 10.2. The van der Waals surface area contributed by atoms with Gasteiger partial charge >= 0.3 is 0 Å². The van der Waals surface area contributed by atoms with E-state index in [-0.39, 0.29) is 0 Å². The monoisotopic (exact) mass is 282 g/mol. The Morgan fingerprint density at radius 2 is 2.16 bits per heavy atom. The molecule has 0 saturated heterocycles. The highest BCUT2D eigenvalue weighted by molar-refractivity contribution is 7.71. The van der Waals surface area contributed by atoms with Gasteiger partial charge in [0.25, 0.3) is 0 Å². The molecule has 0 bridgehead atoms. The minimum atomic E-state index is 0.558. The predicted octanol–water partition coefficient (Wildman–Crippen LogP) is 2.90. The summed E-state index contributed by atoms with van der Waals surface area (Å²) >= 11 is 5.39. The topological polar surface area (TPSA) is 47.8 Å². The van der Waals surface area contributed by atoms with Crippen molar-refractivity contribution in [3.8, 4) is 0 Å². The van der Waals surface area contributed by atoms with E-state index in [0.717, 1.165) is 41.3 Å². The number of rotatable bonds is 6. The summed E-state index contributed by atoms with van der Waals surface area (Å²) in [5.41, 5.74) is 3.10. The minimum absolute atomic E-state index is 0.558. The molecule has 0 aliphatic rings. The second-order valence-corrected chi connectivity index (χ2v) is 5.54. The molecule has 2 rings (SSSR count). The lowest BCUT2D eigenvalue weighted by molar-refractivity contribution is 0.103. The lowest BCUT2D eigenvalue weighted by Gasteiger charge is -2.08. The molecule has 0 amide bonds. The first-order valence-electron chi connectivity index (χ1n) is 6.78. The Morgan fingerprint density at radius 1 is 1.42 bits per heavy atom. The van der Waals surface area contributed by atoms with Crippen LogP contribution >= 0.6 is 12.2 Å². The van der Waals surface area contributed by atoms with Crippen LogP contribution in [0.25, 0.3) is 11.2 Å². The Morgan fingerprint density at radius 3 is 2.79 bits per heavy atom. The molecule has 2 aromatic rings.